The van der Waals surface area contributed by atoms with E-state index in [1.54, 1.807) is 6.08 Å². The summed E-state index contributed by atoms with van der Waals surface area (Å²) in [4.78, 5) is 36.4. The third-order valence-electron chi connectivity index (χ3n) is 3.65. The molecule has 2 aromatic rings. The number of nitrogens with zero attached hydrogens (tertiary/aromatic N) is 2. The van der Waals surface area contributed by atoms with Gasteiger partial charge in [-0.1, -0.05) is 15.9 Å². The zero-order valence-corrected chi connectivity index (χ0v) is 14.8. The van der Waals surface area contributed by atoms with E-state index in [9.17, 15) is 14.4 Å². The van der Waals surface area contributed by atoms with Crippen molar-refractivity contribution in [2.45, 2.75) is 0 Å². The molecular weight excluding hydrogens is 390 g/mol. The Morgan fingerprint density at radius 1 is 1.24 bits per heavy atom. The number of amides is 3. The maximum atomic E-state index is 12.3. The van der Waals surface area contributed by atoms with Crippen LogP contribution in [0.1, 0.15) is 5.69 Å². The quantitative estimate of drug-likeness (QED) is 0.482. The SMILES string of the molecule is COC(=O)CN1C(=O)N/C(=C/c2cccn2-c2ccc(Br)cc2)C1=O. The van der Waals surface area contributed by atoms with E-state index in [0.717, 1.165) is 15.1 Å². The van der Waals surface area contributed by atoms with Crippen LogP contribution in [0.5, 0.6) is 0 Å². The van der Waals surface area contributed by atoms with Gasteiger partial charge in [-0.25, -0.2) is 9.69 Å². The lowest BCUT2D eigenvalue weighted by atomic mass is 10.2. The molecule has 1 aliphatic rings. The lowest BCUT2D eigenvalue weighted by molar-refractivity contribution is -0.143. The van der Waals surface area contributed by atoms with Crippen LogP contribution in [0.25, 0.3) is 11.8 Å². The van der Waals surface area contributed by atoms with Crippen LogP contribution in [-0.2, 0) is 14.3 Å². The van der Waals surface area contributed by atoms with Crippen molar-refractivity contribution in [2.24, 2.45) is 0 Å². The molecule has 1 aromatic carbocycles. The van der Waals surface area contributed by atoms with Crippen LogP contribution in [0.15, 0.2) is 52.8 Å². The molecular formula is C17H14BrN3O4. The summed E-state index contributed by atoms with van der Waals surface area (Å²) in [7, 11) is 1.20. The second kappa shape index (κ2) is 6.94. The number of urea groups is 1. The van der Waals surface area contributed by atoms with E-state index in [2.05, 4.69) is 26.0 Å². The van der Waals surface area contributed by atoms with Crippen LogP contribution in [-0.4, -0.2) is 41.0 Å². The van der Waals surface area contributed by atoms with Crippen molar-refractivity contribution >= 4 is 39.9 Å². The topological polar surface area (TPSA) is 80.6 Å². The van der Waals surface area contributed by atoms with E-state index in [-0.39, 0.29) is 5.70 Å². The first-order valence-corrected chi connectivity index (χ1v) is 8.13. The highest BCUT2D eigenvalue weighted by molar-refractivity contribution is 9.10. The minimum absolute atomic E-state index is 0.103. The second-order valence-electron chi connectivity index (χ2n) is 5.24. The second-order valence-corrected chi connectivity index (χ2v) is 6.15. The molecule has 0 unspecified atom stereocenters. The summed E-state index contributed by atoms with van der Waals surface area (Å²) in [6.45, 7) is -0.424. The lowest BCUT2D eigenvalue weighted by Crippen LogP contribution is -2.36. The highest BCUT2D eigenvalue weighted by Crippen LogP contribution is 2.20. The molecule has 0 aliphatic carbocycles. The van der Waals surface area contributed by atoms with Gasteiger partial charge in [0.25, 0.3) is 5.91 Å². The molecule has 7 nitrogen and oxygen atoms in total. The monoisotopic (exact) mass is 403 g/mol. The first-order chi connectivity index (χ1) is 12.0. The minimum Gasteiger partial charge on any atom is -0.468 e. The molecule has 0 atom stereocenters. The minimum atomic E-state index is -0.664. The number of methoxy groups -OCH3 is 1. The number of imide groups is 1. The first-order valence-electron chi connectivity index (χ1n) is 7.34. The number of carbonyl (C=O) groups is 3. The number of rotatable bonds is 4. The third kappa shape index (κ3) is 3.48. The van der Waals surface area contributed by atoms with E-state index >= 15 is 0 Å². The predicted octanol–water partition coefficient (Wildman–Crippen LogP) is 2.31. The zero-order valence-electron chi connectivity index (χ0n) is 13.2. The van der Waals surface area contributed by atoms with Crippen LogP contribution in [0.4, 0.5) is 4.79 Å². The zero-order chi connectivity index (χ0) is 18.0. The smallest absolute Gasteiger partial charge is 0.329 e. The Morgan fingerprint density at radius 2 is 1.96 bits per heavy atom. The number of halogens is 1. The van der Waals surface area contributed by atoms with Crippen LogP contribution in [0.2, 0.25) is 0 Å². The van der Waals surface area contributed by atoms with Crippen LogP contribution < -0.4 is 5.32 Å². The molecule has 1 saturated heterocycles. The van der Waals surface area contributed by atoms with Crippen molar-refractivity contribution in [1.82, 2.24) is 14.8 Å². The summed E-state index contributed by atoms with van der Waals surface area (Å²) < 4.78 is 7.33. The molecule has 3 amide bonds. The normalized spacial score (nSPS) is 15.6. The van der Waals surface area contributed by atoms with E-state index in [0.29, 0.717) is 5.69 Å². The van der Waals surface area contributed by atoms with Gasteiger partial charge in [0.05, 0.1) is 7.11 Å². The van der Waals surface area contributed by atoms with E-state index in [1.165, 1.54) is 7.11 Å². The molecule has 128 valence electrons. The molecule has 1 aromatic heterocycles. The van der Waals surface area contributed by atoms with Crippen molar-refractivity contribution in [1.29, 1.82) is 0 Å². The lowest BCUT2D eigenvalue weighted by Gasteiger charge is -2.09. The molecule has 2 heterocycles. The molecule has 0 spiro atoms. The van der Waals surface area contributed by atoms with E-state index in [4.69, 9.17) is 0 Å². The summed E-state index contributed by atoms with van der Waals surface area (Å²) in [5.74, 6) is -1.23. The summed E-state index contributed by atoms with van der Waals surface area (Å²) >= 11 is 3.39. The molecule has 3 rings (SSSR count). The fourth-order valence-electron chi connectivity index (χ4n) is 2.41. The molecule has 1 N–H and O–H groups in total. The van der Waals surface area contributed by atoms with Gasteiger partial charge in [-0.2, -0.15) is 0 Å². The molecule has 0 bridgehead atoms. The van der Waals surface area contributed by atoms with Gasteiger partial charge >= 0.3 is 12.0 Å². The third-order valence-corrected chi connectivity index (χ3v) is 4.18. The Hall–Kier alpha value is -2.87. The highest BCUT2D eigenvalue weighted by atomic mass is 79.9. The number of aromatic nitrogens is 1. The Kier molecular flexibility index (Phi) is 4.71. The Morgan fingerprint density at radius 3 is 2.64 bits per heavy atom. The Labute approximate surface area is 152 Å². The van der Waals surface area contributed by atoms with Gasteiger partial charge in [0.15, 0.2) is 0 Å². The molecule has 0 saturated carbocycles. The predicted molar refractivity (Wildman–Crippen MR) is 93.7 cm³/mol. The Balaban J connectivity index is 1.88. The van der Waals surface area contributed by atoms with Gasteiger partial charge < -0.3 is 14.6 Å². The average Bonchev–Trinajstić information content (AvgIpc) is 3.16. The van der Waals surface area contributed by atoms with Gasteiger partial charge in [-0.15, -0.1) is 0 Å². The van der Waals surface area contributed by atoms with Crippen LogP contribution in [0.3, 0.4) is 0 Å². The van der Waals surface area contributed by atoms with Gasteiger partial charge in [-0.3, -0.25) is 9.59 Å². The average molecular weight is 404 g/mol. The maximum Gasteiger partial charge on any atom is 0.329 e. The number of carbonyl (C=O) groups excluding carboxylic acids is 3. The molecule has 1 aliphatic heterocycles. The van der Waals surface area contributed by atoms with E-state index < -0.39 is 24.5 Å². The number of benzene rings is 1. The summed E-state index contributed by atoms with van der Waals surface area (Å²) in [5, 5.41) is 2.48. The standard InChI is InChI=1S/C17H14BrN3O4/c1-25-15(22)10-21-16(23)14(19-17(21)24)9-13-3-2-8-20(13)12-6-4-11(18)5-7-12/h2-9H,10H2,1H3,(H,19,24)/b14-9+. The van der Waals surface area contributed by atoms with Crippen LogP contribution in [0, 0.1) is 0 Å². The molecule has 8 heteroatoms. The van der Waals surface area contributed by atoms with Gasteiger partial charge in [0, 0.05) is 22.1 Å². The summed E-state index contributed by atoms with van der Waals surface area (Å²) in [5.41, 5.74) is 1.72. The van der Waals surface area contributed by atoms with E-state index in [1.807, 2.05) is 47.2 Å². The van der Waals surface area contributed by atoms with Crippen molar-refractivity contribution in [3.63, 3.8) is 0 Å². The largest absolute Gasteiger partial charge is 0.468 e. The first kappa shape index (κ1) is 17.0. The number of ether oxygens (including phenoxy) is 1. The molecule has 1 fully saturated rings. The van der Waals surface area contributed by atoms with Gasteiger partial charge in [0.2, 0.25) is 0 Å². The molecule has 0 radical (unpaired) electrons. The maximum absolute atomic E-state index is 12.3. The molecule has 25 heavy (non-hydrogen) atoms. The fraction of sp³-hybridized carbons (Fsp3) is 0.118. The van der Waals surface area contributed by atoms with Gasteiger partial charge in [0.1, 0.15) is 12.2 Å². The number of hydrogen-bond acceptors (Lipinski definition) is 4. The van der Waals surface area contributed by atoms with Crippen molar-refractivity contribution in [2.75, 3.05) is 13.7 Å². The van der Waals surface area contributed by atoms with Crippen molar-refractivity contribution in [3.05, 3.63) is 58.5 Å². The number of hydrogen-bond donors (Lipinski definition) is 1. The fourth-order valence-corrected chi connectivity index (χ4v) is 2.67. The van der Waals surface area contributed by atoms with Gasteiger partial charge in [-0.05, 0) is 42.5 Å². The summed E-state index contributed by atoms with van der Waals surface area (Å²) in [6, 6.07) is 10.7. The number of nitrogens with one attached hydrogen (secondary N) is 1. The van der Waals surface area contributed by atoms with Crippen molar-refractivity contribution in [3.8, 4) is 5.69 Å². The number of esters is 1. The highest BCUT2D eigenvalue weighted by Gasteiger charge is 2.35. The Bertz CT molecular complexity index is 870. The summed E-state index contributed by atoms with van der Waals surface area (Å²) in [6.07, 6.45) is 3.42. The van der Waals surface area contributed by atoms with Crippen LogP contribution >= 0.6 is 15.9 Å². The van der Waals surface area contributed by atoms with Crippen molar-refractivity contribution < 1.29 is 19.1 Å².